The number of carbonyl (C=O) groups excluding carboxylic acids is 2. The van der Waals surface area contributed by atoms with Gasteiger partial charge in [0, 0.05) is 19.7 Å². The highest BCUT2D eigenvalue weighted by Crippen LogP contribution is 2.13. The first-order chi connectivity index (χ1) is 11.3. The number of amides is 1. The Bertz CT molecular complexity index is 680. The van der Waals surface area contributed by atoms with Gasteiger partial charge in [-0.3, -0.25) is 14.7 Å². The number of benzene rings is 1. The second kappa shape index (κ2) is 8.63. The molecule has 2 rings (SSSR count). The Kier molecular flexibility index (Phi) is 6.24. The summed E-state index contributed by atoms with van der Waals surface area (Å²) in [6.45, 7) is 0.585. The minimum Gasteiger partial charge on any atom is -0.383 e. The van der Waals surface area contributed by atoms with Gasteiger partial charge in [-0.2, -0.15) is 0 Å². The second-order valence-electron chi connectivity index (χ2n) is 4.88. The molecular weight excluding hydrogens is 292 g/mol. The summed E-state index contributed by atoms with van der Waals surface area (Å²) in [4.78, 5) is 29.5. The molecule has 0 bridgehead atoms. The molecule has 1 aromatic heterocycles. The summed E-state index contributed by atoms with van der Waals surface area (Å²) >= 11 is 0. The van der Waals surface area contributed by atoms with E-state index in [4.69, 9.17) is 4.74 Å². The molecule has 23 heavy (non-hydrogen) atoms. The van der Waals surface area contributed by atoms with Crippen molar-refractivity contribution < 1.29 is 14.3 Å². The van der Waals surface area contributed by atoms with Gasteiger partial charge in [0.05, 0.1) is 13.2 Å². The van der Waals surface area contributed by atoms with Crippen LogP contribution < -0.4 is 0 Å². The molecule has 2 aromatic rings. The van der Waals surface area contributed by atoms with E-state index in [-0.39, 0.29) is 23.8 Å². The van der Waals surface area contributed by atoms with Gasteiger partial charge in [-0.1, -0.05) is 36.4 Å². The molecule has 0 unspecified atom stereocenters. The van der Waals surface area contributed by atoms with E-state index in [0.29, 0.717) is 13.0 Å². The number of ether oxygens (including phenoxy) is 1. The third kappa shape index (κ3) is 4.61. The zero-order valence-electron chi connectivity index (χ0n) is 12.9. The molecule has 1 aromatic carbocycles. The Labute approximate surface area is 135 Å². The molecule has 0 aliphatic rings. The van der Waals surface area contributed by atoms with Crippen molar-refractivity contribution in [2.75, 3.05) is 20.3 Å². The number of carbonyl (C=O) groups is 1. The molecule has 0 N–H and O–H groups in total. The fraction of sp³-hybridized carbons (Fsp3) is 0.222. The zero-order valence-corrected chi connectivity index (χ0v) is 12.9. The van der Waals surface area contributed by atoms with Crippen LogP contribution in [0.25, 0.3) is 0 Å². The molecule has 118 valence electrons. The third-order valence-electron chi connectivity index (χ3n) is 3.31. The number of hydrogen-bond acceptors (Lipinski definition) is 4. The van der Waals surface area contributed by atoms with Crippen molar-refractivity contribution in [2.24, 2.45) is 0 Å². The van der Waals surface area contributed by atoms with E-state index in [9.17, 15) is 9.59 Å². The summed E-state index contributed by atoms with van der Waals surface area (Å²) < 4.78 is 5.05. The van der Waals surface area contributed by atoms with Gasteiger partial charge in [0.1, 0.15) is 17.3 Å². The largest absolute Gasteiger partial charge is 0.383 e. The average molecular weight is 310 g/mol. The highest BCUT2D eigenvalue weighted by atomic mass is 16.5. The highest BCUT2D eigenvalue weighted by molar-refractivity contribution is 5.94. The first-order valence-corrected chi connectivity index (χ1v) is 7.26. The standard InChI is InChI=1S/C18H18N2O3/c1-23-12-11-20(18(22)17-9-5-6-10-19-17)16(14-21)13-15-7-3-2-4-8-15/h2-10H,11-13H2,1H3. The van der Waals surface area contributed by atoms with E-state index >= 15 is 0 Å². The lowest BCUT2D eigenvalue weighted by atomic mass is 10.1. The second-order valence-corrected chi connectivity index (χ2v) is 4.88. The monoisotopic (exact) mass is 310 g/mol. The number of nitrogens with zero attached hydrogens (tertiary/aromatic N) is 2. The fourth-order valence-electron chi connectivity index (χ4n) is 2.15. The predicted molar refractivity (Wildman–Crippen MR) is 86.5 cm³/mol. The summed E-state index contributed by atoms with van der Waals surface area (Å²) in [7, 11) is 1.55. The SMILES string of the molecule is COCCN(C(=O)c1ccccn1)C(=C=O)Cc1ccccc1. The lowest BCUT2D eigenvalue weighted by Gasteiger charge is -2.22. The smallest absolute Gasteiger partial charge is 0.277 e. The number of rotatable bonds is 7. The summed E-state index contributed by atoms with van der Waals surface area (Å²) in [5, 5.41) is 0. The van der Waals surface area contributed by atoms with Crippen LogP contribution in [0.1, 0.15) is 16.1 Å². The Morgan fingerprint density at radius 3 is 2.52 bits per heavy atom. The van der Waals surface area contributed by atoms with Crippen LogP contribution in [0.4, 0.5) is 0 Å². The van der Waals surface area contributed by atoms with Crippen LogP contribution in [0, 0.1) is 0 Å². The molecule has 0 atom stereocenters. The number of allylic oxidation sites excluding steroid dienone is 1. The van der Waals surface area contributed by atoms with Crippen LogP contribution in [0.5, 0.6) is 0 Å². The molecule has 1 amide bonds. The maximum Gasteiger partial charge on any atom is 0.277 e. The van der Waals surface area contributed by atoms with Crippen molar-refractivity contribution in [3.05, 3.63) is 71.7 Å². The Morgan fingerprint density at radius 2 is 1.91 bits per heavy atom. The molecule has 0 aliphatic heterocycles. The first-order valence-electron chi connectivity index (χ1n) is 7.26. The minimum absolute atomic E-state index is 0.267. The van der Waals surface area contributed by atoms with Gasteiger partial charge < -0.3 is 4.74 Å². The lowest BCUT2D eigenvalue weighted by Crippen LogP contribution is -2.35. The Hall–Kier alpha value is -2.75. The predicted octanol–water partition coefficient (Wildman–Crippen LogP) is 2.13. The average Bonchev–Trinajstić information content (AvgIpc) is 2.62. The first kappa shape index (κ1) is 16.6. The molecule has 1 heterocycles. The van der Waals surface area contributed by atoms with Gasteiger partial charge in [-0.05, 0) is 17.7 Å². The van der Waals surface area contributed by atoms with Gasteiger partial charge in [0.2, 0.25) is 0 Å². The summed E-state index contributed by atoms with van der Waals surface area (Å²) in [5.74, 6) is 1.56. The number of hydrogen-bond donors (Lipinski definition) is 0. The molecular formula is C18H18N2O3. The van der Waals surface area contributed by atoms with Crippen molar-refractivity contribution in [2.45, 2.75) is 6.42 Å². The summed E-state index contributed by atoms with van der Waals surface area (Å²) in [6.07, 6.45) is 1.87. The van der Waals surface area contributed by atoms with E-state index in [1.165, 1.54) is 4.90 Å². The Balaban J connectivity index is 2.25. The van der Waals surface area contributed by atoms with Gasteiger partial charge in [0.15, 0.2) is 0 Å². The molecule has 0 aliphatic carbocycles. The van der Waals surface area contributed by atoms with Gasteiger partial charge >= 0.3 is 0 Å². The van der Waals surface area contributed by atoms with E-state index in [2.05, 4.69) is 4.98 Å². The maximum atomic E-state index is 12.6. The molecule has 0 saturated carbocycles. The van der Waals surface area contributed by atoms with E-state index < -0.39 is 0 Å². The van der Waals surface area contributed by atoms with Crippen molar-refractivity contribution in [3.63, 3.8) is 0 Å². The van der Waals surface area contributed by atoms with E-state index in [1.54, 1.807) is 31.5 Å². The summed E-state index contributed by atoms with van der Waals surface area (Å²) in [6, 6.07) is 14.6. The maximum absolute atomic E-state index is 12.6. The molecule has 0 saturated heterocycles. The van der Waals surface area contributed by atoms with E-state index in [0.717, 1.165) is 5.56 Å². The Morgan fingerprint density at radius 1 is 1.17 bits per heavy atom. The van der Waals surface area contributed by atoms with Crippen LogP contribution >= 0.6 is 0 Å². The van der Waals surface area contributed by atoms with Crippen LogP contribution in [-0.4, -0.2) is 42.0 Å². The van der Waals surface area contributed by atoms with Crippen molar-refractivity contribution in [3.8, 4) is 0 Å². The molecule has 0 spiro atoms. The van der Waals surface area contributed by atoms with Crippen LogP contribution in [0.15, 0.2) is 60.4 Å². The van der Waals surface area contributed by atoms with Gasteiger partial charge in [-0.25, -0.2) is 4.79 Å². The lowest BCUT2D eigenvalue weighted by molar-refractivity contribution is 0.0750. The molecule has 5 nitrogen and oxygen atoms in total. The number of aromatic nitrogens is 1. The molecule has 5 heteroatoms. The molecule has 0 fully saturated rings. The highest BCUT2D eigenvalue weighted by Gasteiger charge is 2.21. The van der Waals surface area contributed by atoms with Crippen LogP contribution in [-0.2, 0) is 16.0 Å². The zero-order chi connectivity index (χ0) is 16.5. The summed E-state index contributed by atoms with van der Waals surface area (Å²) in [5.41, 5.74) is 1.48. The van der Waals surface area contributed by atoms with Crippen LogP contribution in [0.2, 0.25) is 0 Å². The third-order valence-corrected chi connectivity index (χ3v) is 3.31. The number of pyridine rings is 1. The molecule has 0 radical (unpaired) electrons. The van der Waals surface area contributed by atoms with Crippen molar-refractivity contribution >= 4 is 11.8 Å². The normalized spacial score (nSPS) is 9.96. The van der Waals surface area contributed by atoms with Crippen molar-refractivity contribution in [1.29, 1.82) is 0 Å². The quantitative estimate of drug-likeness (QED) is 0.735. The number of methoxy groups -OCH3 is 1. The topological polar surface area (TPSA) is 59.5 Å². The van der Waals surface area contributed by atoms with Crippen molar-refractivity contribution in [1.82, 2.24) is 9.88 Å². The van der Waals surface area contributed by atoms with Gasteiger partial charge in [-0.15, -0.1) is 0 Å². The van der Waals surface area contributed by atoms with E-state index in [1.807, 2.05) is 36.3 Å². The minimum atomic E-state index is -0.336. The van der Waals surface area contributed by atoms with Crippen LogP contribution in [0.3, 0.4) is 0 Å². The fourth-order valence-corrected chi connectivity index (χ4v) is 2.15. The van der Waals surface area contributed by atoms with Gasteiger partial charge in [0.25, 0.3) is 5.91 Å².